The SMILES string of the molecule is CC1=C(CCCS(=O)(=O)[O-])c2ccc(SOO[O-])cc2C1(C)C.[Na+]. The second-order valence-electron chi connectivity index (χ2n) is 6.02. The fourth-order valence-corrected chi connectivity index (χ4v) is 3.83. The van der Waals surface area contributed by atoms with Crippen LogP contribution < -0.4 is 34.8 Å². The fraction of sp³-hybridized carbons (Fsp3) is 0.467. The third kappa shape index (κ3) is 5.06. The number of allylic oxidation sites excluding steroid dienone is 2. The molecule has 0 fully saturated rings. The number of rotatable bonds is 7. The van der Waals surface area contributed by atoms with Gasteiger partial charge in [-0.05, 0) is 48.6 Å². The van der Waals surface area contributed by atoms with Gasteiger partial charge in [-0.1, -0.05) is 25.5 Å². The van der Waals surface area contributed by atoms with E-state index in [1.165, 1.54) is 0 Å². The summed E-state index contributed by atoms with van der Waals surface area (Å²) in [6.45, 7) is 6.18. The number of fused-ring (bicyclic) bond motifs is 1. The molecule has 9 heteroatoms. The quantitative estimate of drug-likeness (QED) is 0.203. The van der Waals surface area contributed by atoms with Crippen LogP contribution in [-0.4, -0.2) is 18.7 Å². The minimum absolute atomic E-state index is 0. The van der Waals surface area contributed by atoms with Gasteiger partial charge in [-0.2, -0.15) is 4.33 Å². The van der Waals surface area contributed by atoms with Crippen molar-refractivity contribution in [2.75, 3.05) is 5.75 Å². The Bertz CT molecular complexity index is 727. The molecule has 0 heterocycles. The molecule has 2 rings (SSSR count). The Balaban J connectivity index is 0.00000288. The Morgan fingerprint density at radius 1 is 1.29 bits per heavy atom. The van der Waals surface area contributed by atoms with Crippen LogP contribution in [0.3, 0.4) is 0 Å². The summed E-state index contributed by atoms with van der Waals surface area (Å²) >= 11 is 0.837. The van der Waals surface area contributed by atoms with Crippen LogP contribution in [0.2, 0.25) is 0 Å². The van der Waals surface area contributed by atoms with Crippen molar-refractivity contribution in [2.24, 2.45) is 0 Å². The third-order valence-electron chi connectivity index (χ3n) is 4.36. The second-order valence-corrected chi connectivity index (χ2v) is 8.32. The Morgan fingerprint density at radius 3 is 2.54 bits per heavy atom. The largest absolute Gasteiger partial charge is 1.00 e. The monoisotopic (exact) mass is 381 g/mol. The molecule has 24 heavy (non-hydrogen) atoms. The van der Waals surface area contributed by atoms with E-state index in [9.17, 15) is 18.2 Å². The first-order valence-electron chi connectivity index (χ1n) is 7.08. The molecule has 0 radical (unpaired) electrons. The summed E-state index contributed by atoms with van der Waals surface area (Å²) in [5.74, 6) is -0.359. The van der Waals surface area contributed by atoms with E-state index in [4.69, 9.17) is 0 Å². The third-order valence-corrected chi connectivity index (χ3v) is 5.72. The van der Waals surface area contributed by atoms with Crippen molar-refractivity contribution in [1.82, 2.24) is 0 Å². The molecule has 0 amide bonds. The van der Waals surface area contributed by atoms with Crippen LogP contribution in [0.25, 0.3) is 5.57 Å². The first kappa shape index (κ1) is 22.1. The molecular weight excluding hydrogens is 363 g/mol. The second kappa shape index (κ2) is 8.66. The molecular formula is C15H18NaO6S2-. The molecule has 128 valence electrons. The van der Waals surface area contributed by atoms with Gasteiger partial charge in [0.15, 0.2) is 0 Å². The van der Waals surface area contributed by atoms with E-state index in [1.54, 1.807) is 0 Å². The predicted octanol–water partition coefficient (Wildman–Crippen LogP) is -0.689. The van der Waals surface area contributed by atoms with Crippen molar-refractivity contribution >= 4 is 27.7 Å². The first-order valence-corrected chi connectivity index (χ1v) is 9.40. The standard InChI is InChI=1S/C15H20O6S2.Na/c1-10-12(5-4-8-23(17,18)19)13-7-6-11(22-21-20-16)9-14(13)15(10,2)3;/h6-7,9,16H,4-5,8H2,1-3H3,(H,17,18,19);/q;+1/p-2. The number of hydrogen-bond donors (Lipinski definition) is 0. The fourth-order valence-electron chi connectivity index (χ4n) is 2.94. The van der Waals surface area contributed by atoms with E-state index in [2.05, 4.69) is 23.2 Å². The van der Waals surface area contributed by atoms with Crippen molar-refractivity contribution in [3.05, 3.63) is 34.9 Å². The van der Waals surface area contributed by atoms with E-state index in [0.717, 1.165) is 39.2 Å². The molecule has 0 atom stereocenters. The van der Waals surface area contributed by atoms with E-state index in [-0.39, 0.29) is 40.7 Å². The summed E-state index contributed by atoms with van der Waals surface area (Å²) in [5.41, 5.74) is 4.14. The summed E-state index contributed by atoms with van der Waals surface area (Å²) < 4.78 is 36.7. The summed E-state index contributed by atoms with van der Waals surface area (Å²) in [7, 11) is -4.19. The van der Waals surface area contributed by atoms with Crippen LogP contribution in [-0.2, 0) is 24.9 Å². The molecule has 0 aliphatic heterocycles. The van der Waals surface area contributed by atoms with Gasteiger partial charge in [0.05, 0.1) is 22.2 Å². The van der Waals surface area contributed by atoms with Crippen LogP contribution in [0, 0.1) is 0 Å². The Morgan fingerprint density at radius 2 is 1.96 bits per heavy atom. The number of benzene rings is 1. The minimum Gasteiger partial charge on any atom is -0.748 e. The average Bonchev–Trinajstić information content (AvgIpc) is 2.65. The molecule has 0 bridgehead atoms. The summed E-state index contributed by atoms with van der Waals surface area (Å²) in [6, 6.07) is 5.66. The van der Waals surface area contributed by atoms with Crippen LogP contribution in [0.5, 0.6) is 0 Å². The van der Waals surface area contributed by atoms with E-state index in [1.807, 2.05) is 25.1 Å². The van der Waals surface area contributed by atoms with Crippen molar-refractivity contribution in [3.63, 3.8) is 0 Å². The van der Waals surface area contributed by atoms with Gasteiger partial charge in [-0.25, -0.2) is 8.42 Å². The maximum Gasteiger partial charge on any atom is 1.00 e. The summed E-state index contributed by atoms with van der Waals surface area (Å²) in [5, 5.41) is 13.3. The molecule has 0 aromatic heterocycles. The van der Waals surface area contributed by atoms with E-state index < -0.39 is 10.1 Å². The van der Waals surface area contributed by atoms with Gasteiger partial charge in [0.1, 0.15) is 0 Å². The Hall–Kier alpha value is 0.1000. The smallest absolute Gasteiger partial charge is 0.748 e. The van der Waals surface area contributed by atoms with Crippen LogP contribution in [0.15, 0.2) is 28.7 Å². The molecule has 1 aliphatic rings. The zero-order chi connectivity index (χ0) is 17.3. The van der Waals surface area contributed by atoms with Crippen LogP contribution >= 0.6 is 12.0 Å². The topological polar surface area (TPSA) is 98.7 Å². The van der Waals surface area contributed by atoms with Crippen molar-refractivity contribution in [2.45, 2.75) is 43.9 Å². The molecule has 0 saturated heterocycles. The van der Waals surface area contributed by atoms with Crippen LogP contribution in [0.4, 0.5) is 0 Å². The Kier molecular flexibility index (Phi) is 7.99. The van der Waals surface area contributed by atoms with Gasteiger partial charge in [-0.3, -0.25) is 5.04 Å². The summed E-state index contributed by atoms with van der Waals surface area (Å²) in [4.78, 5) is 0.740. The van der Waals surface area contributed by atoms with Crippen molar-refractivity contribution in [1.29, 1.82) is 0 Å². The van der Waals surface area contributed by atoms with Gasteiger partial charge < -0.3 is 9.81 Å². The number of hydrogen-bond acceptors (Lipinski definition) is 7. The first-order chi connectivity index (χ1) is 10.7. The molecule has 1 aromatic carbocycles. The summed E-state index contributed by atoms with van der Waals surface area (Å²) in [6.07, 6.45) is 0.841. The van der Waals surface area contributed by atoms with Gasteiger partial charge in [0, 0.05) is 16.1 Å². The van der Waals surface area contributed by atoms with E-state index in [0.29, 0.717) is 12.8 Å². The van der Waals surface area contributed by atoms with Crippen molar-refractivity contribution < 1.29 is 57.2 Å². The molecule has 1 aromatic rings. The zero-order valence-electron chi connectivity index (χ0n) is 14.1. The van der Waals surface area contributed by atoms with Gasteiger partial charge in [0.25, 0.3) is 0 Å². The van der Waals surface area contributed by atoms with Gasteiger partial charge in [0.2, 0.25) is 0 Å². The zero-order valence-corrected chi connectivity index (χ0v) is 17.8. The molecule has 0 spiro atoms. The van der Waals surface area contributed by atoms with E-state index >= 15 is 0 Å². The van der Waals surface area contributed by atoms with Gasteiger partial charge >= 0.3 is 29.6 Å². The normalized spacial score (nSPS) is 16.0. The minimum atomic E-state index is -4.19. The maximum absolute atomic E-state index is 10.8. The molecule has 1 aliphatic carbocycles. The van der Waals surface area contributed by atoms with Crippen molar-refractivity contribution in [3.8, 4) is 0 Å². The predicted molar refractivity (Wildman–Crippen MR) is 83.9 cm³/mol. The molecule has 6 nitrogen and oxygen atoms in total. The molecule has 0 unspecified atom stereocenters. The molecule has 0 N–H and O–H groups in total. The average molecular weight is 381 g/mol. The maximum atomic E-state index is 10.8. The van der Waals surface area contributed by atoms with Gasteiger partial charge in [-0.15, -0.1) is 0 Å². The molecule has 0 saturated carbocycles. The Labute approximate surface area is 168 Å². The van der Waals surface area contributed by atoms with Crippen LogP contribution in [0.1, 0.15) is 44.7 Å².